The predicted molar refractivity (Wildman–Crippen MR) is 81.5 cm³/mol. The average Bonchev–Trinajstić information content (AvgIpc) is 3.10. The maximum absolute atomic E-state index is 3.31. The Bertz CT molecular complexity index is 409. The second kappa shape index (κ2) is 5.96. The van der Waals surface area contributed by atoms with Gasteiger partial charge in [-0.2, -0.15) is 0 Å². The van der Waals surface area contributed by atoms with E-state index >= 15 is 0 Å². The Balaban J connectivity index is 1.83. The minimum absolute atomic E-state index is 0.806. The lowest BCUT2D eigenvalue weighted by Crippen LogP contribution is -2.35. The van der Waals surface area contributed by atoms with E-state index in [0.717, 1.165) is 18.5 Å². The summed E-state index contributed by atoms with van der Waals surface area (Å²) in [5.74, 6) is 0.949. The standard InChI is InChI=1S/C17H26N2/c1-18-13-15-9-4-5-10-17(15)19-12-6-11-16(19)14-7-2-3-8-14/h4-5,9-10,14,16,18H,2-3,6-8,11-13H2,1H3. The SMILES string of the molecule is CNCc1ccccc1N1CCCC1C1CCCC1. The number of hydrogen-bond acceptors (Lipinski definition) is 2. The number of rotatable bonds is 4. The van der Waals surface area contributed by atoms with Gasteiger partial charge < -0.3 is 10.2 Å². The first-order chi connectivity index (χ1) is 9.40. The van der Waals surface area contributed by atoms with Gasteiger partial charge in [0.15, 0.2) is 0 Å². The van der Waals surface area contributed by atoms with Crippen LogP contribution in [0.25, 0.3) is 0 Å². The first kappa shape index (κ1) is 13.0. The molecule has 2 aliphatic rings. The van der Waals surface area contributed by atoms with Crippen LogP contribution in [0.2, 0.25) is 0 Å². The molecule has 1 aliphatic carbocycles. The fourth-order valence-electron chi connectivity index (χ4n) is 4.05. The molecule has 2 heteroatoms. The summed E-state index contributed by atoms with van der Waals surface area (Å²) in [5.41, 5.74) is 2.93. The van der Waals surface area contributed by atoms with Gasteiger partial charge >= 0.3 is 0 Å². The second-order valence-electron chi connectivity index (χ2n) is 6.11. The summed E-state index contributed by atoms with van der Waals surface area (Å²) in [7, 11) is 2.04. The van der Waals surface area contributed by atoms with Crippen LogP contribution < -0.4 is 10.2 Å². The van der Waals surface area contributed by atoms with Gasteiger partial charge in [0.05, 0.1) is 0 Å². The average molecular weight is 258 g/mol. The molecule has 0 bridgehead atoms. The maximum Gasteiger partial charge on any atom is 0.0414 e. The third-order valence-electron chi connectivity index (χ3n) is 4.91. The van der Waals surface area contributed by atoms with Gasteiger partial charge in [0, 0.05) is 24.8 Å². The smallest absolute Gasteiger partial charge is 0.0414 e. The third-order valence-corrected chi connectivity index (χ3v) is 4.91. The third kappa shape index (κ3) is 2.64. The van der Waals surface area contributed by atoms with Crippen molar-refractivity contribution in [1.29, 1.82) is 0 Å². The van der Waals surface area contributed by atoms with Crippen molar-refractivity contribution in [3.8, 4) is 0 Å². The van der Waals surface area contributed by atoms with Crippen LogP contribution in [0.1, 0.15) is 44.1 Å². The fourth-order valence-corrected chi connectivity index (χ4v) is 4.05. The molecule has 1 aromatic rings. The van der Waals surface area contributed by atoms with Crippen molar-refractivity contribution in [1.82, 2.24) is 5.32 Å². The largest absolute Gasteiger partial charge is 0.368 e. The molecule has 104 valence electrons. The number of anilines is 1. The van der Waals surface area contributed by atoms with E-state index in [1.807, 2.05) is 7.05 Å². The van der Waals surface area contributed by atoms with Crippen LogP contribution in [-0.2, 0) is 6.54 Å². The van der Waals surface area contributed by atoms with E-state index < -0.39 is 0 Å². The number of hydrogen-bond donors (Lipinski definition) is 1. The summed E-state index contributed by atoms with van der Waals surface area (Å²) >= 11 is 0. The van der Waals surface area contributed by atoms with Crippen molar-refractivity contribution < 1.29 is 0 Å². The molecule has 1 aromatic carbocycles. The molecule has 0 amide bonds. The highest BCUT2D eigenvalue weighted by molar-refractivity contribution is 5.55. The summed E-state index contributed by atoms with van der Waals surface area (Å²) in [4.78, 5) is 2.71. The predicted octanol–water partition coefficient (Wildman–Crippen LogP) is 3.57. The van der Waals surface area contributed by atoms with Crippen molar-refractivity contribution >= 4 is 5.69 Å². The van der Waals surface area contributed by atoms with Gasteiger partial charge in [-0.15, -0.1) is 0 Å². The highest BCUT2D eigenvalue weighted by atomic mass is 15.2. The van der Waals surface area contributed by atoms with Gasteiger partial charge in [-0.05, 0) is 50.3 Å². The highest BCUT2D eigenvalue weighted by Crippen LogP contribution is 2.38. The number of para-hydroxylation sites is 1. The van der Waals surface area contributed by atoms with Gasteiger partial charge in [0.1, 0.15) is 0 Å². The van der Waals surface area contributed by atoms with Crippen molar-refractivity contribution in [2.24, 2.45) is 5.92 Å². The van der Waals surface area contributed by atoms with E-state index in [4.69, 9.17) is 0 Å². The Hall–Kier alpha value is -1.02. The number of nitrogens with zero attached hydrogens (tertiary/aromatic N) is 1. The number of benzene rings is 1. The maximum atomic E-state index is 3.31. The Labute approximate surface area is 117 Å². The van der Waals surface area contributed by atoms with Crippen LogP contribution in [0.3, 0.4) is 0 Å². The van der Waals surface area contributed by atoms with Gasteiger partial charge in [0.2, 0.25) is 0 Å². The summed E-state index contributed by atoms with van der Waals surface area (Å²) < 4.78 is 0. The zero-order valence-electron chi connectivity index (χ0n) is 12.1. The van der Waals surface area contributed by atoms with E-state index in [9.17, 15) is 0 Å². The van der Waals surface area contributed by atoms with E-state index in [0.29, 0.717) is 0 Å². The summed E-state index contributed by atoms with van der Waals surface area (Å²) in [6, 6.07) is 9.76. The lowest BCUT2D eigenvalue weighted by Gasteiger charge is -2.32. The van der Waals surface area contributed by atoms with Gasteiger partial charge in [-0.25, -0.2) is 0 Å². The van der Waals surface area contributed by atoms with E-state index in [2.05, 4.69) is 34.5 Å². The summed E-state index contributed by atoms with van der Waals surface area (Å²) in [6.45, 7) is 2.23. The molecule has 1 unspecified atom stereocenters. The molecule has 1 heterocycles. The summed E-state index contributed by atoms with van der Waals surface area (Å²) in [5, 5.41) is 3.31. The van der Waals surface area contributed by atoms with E-state index in [1.165, 1.54) is 56.3 Å². The Morgan fingerprint density at radius 2 is 1.89 bits per heavy atom. The molecule has 1 aliphatic heterocycles. The normalized spacial score (nSPS) is 24.3. The first-order valence-electron chi connectivity index (χ1n) is 7.89. The fraction of sp³-hybridized carbons (Fsp3) is 0.647. The van der Waals surface area contributed by atoms with Crippen LogP contribution in [0, 0.1) is 5.92 Å². The van der Waals surface area contributed by atoms with Crippen molar-refractivity contribution in [3.63, 3.8) is 0 Å². The molecule has 1 saturated carbocycles. The van der Waals surface area contributed by atoms with Crippen LogP contribution in [0.4, 0.5) is 5.69 Å². The molecule has 0 spiro atoms. The molecule has 0 radical (unpaired) electrons. The Morgan fingerprint density at radius 3 is 2.68 bits per heavy atom. The molecular weight excluding hydrogens is 232 g/mol. The summed E-state index contributed by atoms with van der Waals surface area (Å²) in [6.07, 6.45) is 8.58. The number of nitrogens with one attached hydrogen (secondary N) is 1. The van der Waals surface area contributed by atoms with Crippen molar-refractivity contribution in [2.75, 3.05) is 18.5 Å². The molecule has 1 saturated heterocycles. The molecule has 3 rings (SSSR count). The zero-order valence-corrected chi connectivity index (χ0v) is 12.1. The van der Waals surface area contributed by atoms with E-state index in [1.54, 1.807) is 0 Å². The molecule has 2 nitrogen and oxygen atoms in total. The van der Waals surface area contributed by atoms with Gasteiger partial charge in [-0.1, -0.05) is 31.0 Å². The molecule has 1 N–H and O–H groups in total. The van der Waals surface area contributed by atoms with Crippen LogP contribution in [-0.4, -0.2) is 19.6 Å². The Kier molecular flexibility index (Phi) is 4.07. The minimum atomic E-state index is 0.806. The van der Waals surface area contributed by atoms with Gasteiger partial charge in [0.25, 0.3) is 0 Å². The topological polar surface area (TPSA) is 15.3 Å². The Morgan fingerprint density at radius 1 is 1.11 bits per heavy atom. The lowest BCUT2D eigenvalue weighted by atomic mass is 9.95. The molecular formula is C17H26N2. The van der Waals surface area contributed by atoms with Crippen LogP contribution in [0.5, 0.6) is 0 Å². The van der Waals surface area contributed by atoms with Crippen LogP contribution >= 0.6 is 0 Å². The zero-order chi connectivity index (χ0) is 13.1. The molecule has 1 atom stereocenters. The van der Waals surface area contributed by atoms with Crippen LogP contribution in [0.15, 0.2) is 24.3 Å². The monoisotopic (exact) mass is 258 g/mol. The first-order valence-corrected chi connectivity index (χ1v) is 7.89. The van der Waals surface area contributed by atoms with Crippen molar-refractivity contribution in [2.45, 2.75) is 51.1 Å². The van der Waals surface area contributed by atoms with Crippen molar-refractivity contribution in [3.05, 3.63) is 29.8 Å². The quantitative estimate of drug-likeness (QED) is 0.888. The second-order valence-corrected chi connectivity index (χ2v) is 6.11. The molecule has 2 fully saturated rings. The lowest BCUT2D eigenvalue weighted by molar-refractivity contribution is 0.430. The van der Waals surface area contributed by atoms with E-state index in [-0.39, 0.29) is 0 Å². The molecule has 0 aromatic heterocycles. The molecule has 19 heavy (non-hydrogen) atoms. The van der Waals surface area contributed by atoms with Gasteiger partial charge in [-0.3, -0.25) is 0 Å². The minimum Gasteiger partial charge on any atom is -0.368 e. The highest BCUT2D eigenvalue weighted by Gasteiger charge is 2.33.